The van der Waals surface area contributed by atoms with E-state index in [2.05, 4.69) is 19.9 Å². The van der Waals surface area contributed by atoms with Crippen LogP contribution in [-0.2, 0) is 6.42 Å². The van der Waals surface area contributed by atoms with Gasteiger partial charge in [0.1, 0.15) is 17.2 Å². The molecular weight excluding hydrogens is 430 g/mol. The zero-order valence-corrected chi connectivity index (χ0v) is 18.8. The van der Waals surface area contributed by atoms with Crippen molar-refractivity contribution in [3.8, 4) is 34.7 Å². The van der Waals surface area contributed by atoms with E-state index in [-0.39, 0.29) is 0 Å². The molecule has 1 aromatic carbocycles. The minimum absolute atomic E-state index is 0.525. The van der Waals surface area contributed by atoms with Crippen LogP contribution in [0.25, 0.3) is 17.3 Å². The quantitative estimate of drug-likeness (QED) is 0.279. The first kappa shape index (κ1) is 21.6. The molecule has 3 heterocycles. The molecule has 0 fully saturated rings. The largest absolute Gasteiger partial charge is 0.494 e. The number of hydrogen-bond donors (Lipinski definition) is 1. The standard InChI is InChI=1S/C22H23N5O4S/c1-28-16-6-4-7-17(29-2)20(16)27-21(18-8-5-12-31-18)24-25-22(27)26-32-13-11-15-9-10-19(30-3)23-14-15/h4-10,12,14H,11,13H2,1-3H3,(H,25,26). The number of ether oxygens (including phenoxy) is 3. The van der Waals surface area contributed by atoms with E-state index in [1.165, 1.54) is 11.9 Å². The molecule has 0 bridgehead atoms. The van der Waals surface area contributed by atoms with Crippen molar-refractivity contribution >= 4 is 17.9 Å². The Balaban J connectivity index is 1.59. The first-order valence-electron chi connectivity index (χ1n) is 9.82. The number of hydrogen-bond acceptors (Lipinski definition) is 9. The second-order valence-corrected chi connectivity index (χ2v) is 7.48. The van der Waals surface area contributed by atoms with Gasteiger partial charge in [-0.3, -0.25) is 9.29 Å². The van der Waals surface area contributed by atoms with E-state index < -0.39 is 0 Å². The van der Waals surface area contributed by atoms with E-state index in [0.717, 1.165) is 17.7 Å². The van der Waals surface area contributed by atoms with Crippen LogP contribution in [0.2, 0.25) is 0 Å². The summed E-state index contributed by atoms with van der Waals surface area (Å²) in [5, 5.41) is 8.70. The van der Waals surface area contributed by atoms with Crippen molar-refractivity contribution in [2.75, 3.05) is 31.8 Å². The lowest BCUT2D eigenvalue weighted by molar-refractivity contribution is 0.391. The van der Waals surface area contributed by atoms with E-state index in [9.17, 15) is 0 Å². The molecule has 1 N–H and O–H groups in total. The van der Waals surface area contributed by atoms with Gasteiger partial charge in [0.05, 0.1) is 27.6 Å². The Morgan fingerprint density at radius 2 is 1.78 bits per heavy atom. The van der Waals surface area contributed by atoms with Crippen LogP contribution < -0.4 is 18.9 Å². The fourth-order valence-electron chi connectivity index (χ4n) is 3.14. The van der Waals surface area contributed by atoms with Gasteiger partial charge in [-0.15, -0.1) is 10.2 Å². The molecule has 0 aliphatic heterocycles. The lowest BCUT2D eigenvalue weighted by atomic mass is 10.2. The predicted molar refractivity (Wildman–Crippen MR) is 123 cm³/mol. The minimum atomic E-state index is 0.525. The maximum absolute atomic E-state index is 5.60. The van der Waals surface area contributed by atoms with Gasteiger partial charge in [0, 0.05) is 18.0 Å². The fraction of sp³-hybridized carbons (Fsp3) is 0.227. The third-order valence-electron chi connectivity index (χ3n) is 4.69. The normalized spacial score (nSPS) is 10.7. The average molecular weight is 454 g/mol. The van der Waals surface area contributed by atoms with Crippen molar-refractivity contribution in [2.24, 2.45) is 0 Å². The van der Waals surface area contributed by atoms with Crippen LogP contribution in [0, 0.1) is 0 Å². The summed E-state index contributed by atoms with van der Waals surface area (Å²) in [6, 6.07) is 13.1. The monoisotopic (exact) mass is 453 g/mol. The second kappa shape index (κ2) is 10.1. The summed E-state index contributed by atoms with van der Waals surface area (Å²) in [5.41, 5.74) is 1.79. The number of para-hydroxylation sites is 1. The Morgan fingerprint density at radius 3 is 2.41 bits per heavy atom. The van der Waals surface area contributed by atoms with Crippen LogP contribution >= 0.6 is 11.9 Å². The highest BCUT2D eigenvalue weighted by Crippen LogP contribution is 2.38. The van der Waals surface area contributed by atoms with Gasteiger partial charge in [0.2, 0.25) is 17.7 Å². The molecule has 0 aliphatic carbocycles. The van der Waals surface area contributed by atoms with Gasteiger partial charge in [0.25, 0.3) is 0 Å². The highest BCUT2D eigenvalue weighted by molar-refractivity contribution is 8.00. The van der Waals surface area contributed by atoms with Gasteiger partial charge in [-0.1, -0.05) is 12.1 Å². The molecule has 0 amide bonds. The van der Waals surface area contributed by atoms with E-state index in [0.29, 0.717) is 40.6 Å². The zero-order chi connectivity index (χ0) is 22.3. The van der Waals surface area contributed by atoms with Gasteiger partial charge in [-0.05, 0) is 48.2 Å². The van der Waals surface area contributed by atoms with Crippen LogP contribution in [0.3, 0.4) is 0 Å². The Morgan fingerprint density at radius 1 is 0.969 bits per heavy atom. The summed E-state index contributed by atoms with van der Waals surface area (Å²) < 4.78 is 27.0. The van der Waals surface area contributed by atoms with Crippen LogP contribution in [0.4, 0.5) is 5.95 Å². The molecular formula is C22H23N5O4S. The van der Waals surface area contributed by atoms with Gasteiger partial charge in [-0.2, -0.15) is 0 Å². The number of aromatic nitrogens is 4. The lowest BCUT2D eigenvalue weighted by Crippen LogP contribution is -2.07. The van der Waals surface area contributed by atoms with Gasteiger partial charge in [0.15, 0.2) is 5.76 Å². The Kier molecular flexibility index (Phi) is 6.81. The minimum Gasteiger partial charge on any atom is -0.494 e. The smallest absolute Gasteiger partial charge is 0.239 e. The molecule has 166 valence electrons. The number of methoxy groups -OCH3 is 3. The van der Waals surface area contributed by atoms with Crippen molar-refractivity contribution in [3.63, 3.8) is 0 Å². The molecule has 0 radical (unpaired) electrons. The lowest BCUT2D eigenvalue weighted by Gasteiger charge is -2.16. The molecule has 9 nitrogen and oxygen atoms in total. The number of anilines is 1. The molecule has 3 aromatic heterocycles. The number of nitrogens with zero attached hydrogens (tertiary/aromatic N) is 4. The number of benzene rings is 1. The van der Waals surface area contributed by atoms with E-state index in [4.69, 9.17) is 18.6 Å². The van der Waals surface area contributed by atoms with Crippen LogP contribution in [-0.4, -0.2) is 46.8 Å². The summed E-state index contributed by atoms with van der Waals surface area (Å²) >= 11 is 1.51. The highest BCUT2D eigenvalue weighted by atomic mass is 32.2. The van der Waals surface area contributed by atoms with Crippen molar-refractivity contribution in [1.29, 1.82) is 0 Å². The molecule has 32 heavy (non-hydrogen) atoms. The van der Waals surface area contributed by atoms with Crippen molar-refractivity contribution < 1.29 is 18.6 Å². The fourth-order valence-corrected chi connectivity index (χ4v) is 3.84. The summed E-state index contributed by atoms with van der Waals surface area (Å²) in [7, 11) is 4.82. The van der Waals surface area contributed by atoms with Crippen molar-refractivity contribution in [3.05, 3.63) is 60.5 Å². The summed E-state index contributed by atoms with van der Waals surface area (Å²) in [6.45, 7) is 0. The first-order valence-corrected chi connectivity index (χ1v) is 10.8. The molecule has 4 aromatic rings. The predicted octanol–water partition coefficient (Wildman–Crippen LogP) is 4.25. The average Bonchev–Trinajstić information content (AvgIpc) is 3.51. The summed E-state index contributed by atoms with van der Waals surface area (Å²) in [4.78, 5) is 4.24. The van der Waals surface area contributed by atoms with E-state index in [1.807, 2.05) is 47.2 Å². The molecule has 0 aliphatic rings. The Hall–Kier alpha value is -3.66. The van der Waals surface area contributed by atoms with Gasteiger partial charge < -0.3 is 18.6 Å². The van der Waals surface area contributed by atoms with Crippen molar-refractivity contribution in [1.82, 2.24) is 19.7 Å². The van der Waals surface area contributed by atoms with Crippen LogP contribution in [0.5, 0.6) is 17.4 Å². The third kappa shape index (κ3) is 4.50. The third-order valence-corrected chi connectivity index (χ3v) is 5.43. The molecule has 4 rings (SSSR count). The maximum Gasteiger partial charge on any atom is 0.239 e. The molecule has 0 unspecified atom stereocenters. The second-order valence-electron chi connectivity index (χ2n) is 6.58. The Bertz CT molecular complexity index is 1120. The summed E-state index contributed by atoms with van der Waals surface area (Å²) in [6.07, 6.45) is 4.24. The van der Waals surface area contributed by atoms with E-state index in [1.54, 1.807) is 33.7 Å². The molecule has 0 spiro atoms. The SMILES string of the molecule is COc1ccc(CCSNc2nnc(-c3ccco3)n2-c2c(OC)cccc2OC)cn1. The molecule has 0 saturated carbocycles. The van der Waals surface area contributed by atoms with E-state index >= 15 is 0 Å². The number of nitrogens with one attached hydrogen (secondary N) is 1. The maximum atomic E-state index is 5.60. The number of aryl methyl sites for hydroxylation is 1. The summed E-state index contributed by atoms with van der Waals surface area (Å²) in [5.74, 6) is 4.26. The van der Waals surface area contributed by atoms with Gasteiger partial charge >= 0.3 is 0 Å². The molecule has 10 heteroatoms. The first-order chi connectivity index (χ1) is 15.7. The van der Waals surface area contributed by atoms with Gasteiger partial charge in [-0.25, -0.2) is 4.98 Å². The number of furan rings is 1. The van der Waals surface area contributed by atoms with Crippen molar-refractivity contribution in [2.45, 2.75) is 6.42 Å². The number of rotatable bonds is 10. The Labute approximate surface area is 189 Å². The molecule has 0 saturated heterocycles. The molecule has 0 atom stereocenters. The topological polar surface area (TPSA) is 96.5 Å². The highest BCUT2D eigenvalue weighted by Gasteiger charge is 2.23. The zero-order valence-electron chi connectivity index (χ0n) is 17.9. The van der Waals surface area contributed by atoms with Crippen LogP contribution in [0.1, 0.15) is 5.56 Å². The number of pyridine rings is 1. The van der Waals surface area contributed by atoms with Crippen LogP contribution in [0.15, 0.2) is 59.3 Å².